The van der Waals surface area contributed by atoms with Crippen LogP contribution in [0.5, 0.6) is 0 Å². The molecule has 1 amide bonds. The van der Waals surface area contributed by atoms with E-state index in [0.29, 0.717) is 18.6 Å². The number of piperidine rings is 1. The summed E-state index contributed by atoms with van der Waals surface area (Å²) in [7, 11) is 0. The molecule has 0 saturated carbocycles. The highest BCUT2D eigenvalue weighted by Gasteiger charge is 2.23. The van der Waals surface area contributed by atoms with E-state index in [0.717, 1.165) is 6.54 Å². The minimum absolute atomic E-state index is 0.233. The molecule has 1 saturated heterocycles. The average Bonchev–Trinajstić information content (AvgIpc) is 2.14. The lowest BCUT2D eigenvalue weighted by molar-refractivity contribution is 0.109. The van der Waals surface area contributed by atoms with Gasteiger partial charge in [0.1, 0.15) is 6.61 Å². The zero-order chi connectivity index (χ0) is 12.2. The summed E-state index contributed by atoms with van der Waals surface area (Å²) in [5, 5.41) is 6.17. The summed E-state index contributed by atoms with van der Waals surface area (Å²) < 4.78 is 5.22. The molecule has 2 atom stereocenters. The highest BCUT2D eigenvalue weighted by molar-refractivity contribution is 5.68. The normalized spacial score (nSPS) is 26.2. The summed E-state index contributed by atoms with van der Waals surface area (Å²) in [5.74, 6) is 0.580. The molecule has 1 rings (SSSR count). The van der Waals surface area contributed by atoms with E-state index < -0.39 is 0 Å². The third kappa shape index (κ3) is 4.84. The zero-order valence-electron chi connectivity index (χ0n) is 10.8. The van der Waals surface area contributed by atoms with Crippen LogP contribution in [0.3, 0.4) is 0 Å². The van der Waals surface area contributed by atoms with E-state index in [1.165, 1.54) is 12.8 Å². The smallest absolute Gasteiger partial charge is 0.407 e. The second-order valence-corrected chi connectivity index (χ2v) is 5.65. The Bertz CT molecular complexity index is 236. The predicted octanol–water partition coefficient (Wildman–Crippen LogP) is 1.90. The molecule has 0 spiro atoms. The van der Waals surface area contributed by atoms with Crippen molar-refractivity contribution in [2.75, 3.05) is 13.2 Å². The molecule has 4 heteroatoms. The lowest BCUT2D eigenvalue weighted by atomic mass is 9.93. The molecule has 4 nitrogen and oxygen atoms in total. The third-order valence-electron chi connectivity index (χ3n) is 2.80. The number of carbonyl (C=O) groups is 1. The number of ether oxygens (including phenoxy) is 1. The maximum Gasteiger partial charge on any atom is 0.407 e. The molecule has 1 aliphatic rings. The molecule has 1 fully saturated rings. The molecule has 16 heavy (non-hydrogen) atoms. The topological polar surface area (TPSA) is 50.4 Å². The fourth-order valence-corrected chi connectivity index (χ4v) is 1.84. The lowest BCUT2D eigenvalue weighted by Gasteiger charge is -2.30. The molecule has 0 aliphatic carbocycles. The van der Waals surface area contributed by atoms with E-state index in [4.69, 9.17) is 4.74 Å². The van der Waals surface area contributed by atoms with Crippen LogP contribution >= 0.6 is 0 Å². The number of hydrogen-bond donors (Lipinski definition) is 2. The Balaban J connectivity index is 2.25. The molecule has 2 N–H and O–H groups in total. The first kappa shape index (κ1) is 13.3. The van der Waals surface area contributed by atoms with Gasteiger partial charge in [-0.2, -0.15) is 0 Å². The number of carbonyl (C=O) groups excluding carboxylic acids is 1. The molecule has 0 radical (unpaired) electrons. The Morgan fingerprint density at radius 1 is 1.50 bits per heavy atom. The molecule has 0 bridgehead atoms. The molecular formula is C12H24N2O2. The van der Waals surface area contributed by atoms with Gasteiger partial charge >= 0.3 is 6.09 Å². The highest BCUT2D eigenvalue weighted by Crippen LogP contribution is 2.15. The molecule has 1 heterocycles. The van der Waals surface area contributed by atoms with E-state index >= 15 is 0 Å². The largest absolute Gasteiger partial charge is 0.448 e. The maximum atomic E-state index is 11.4. The van der Waals surface area contributed by atoms with Crippen LogP contribution in [-0.2, 0) is 4.74 Å². The van der Waals surface area contributed by atoms with Gasteiger partial charge in [-0.3, -0.25) is 0 Å². The van der Waals surface area contributed by atoms with E-state index in [2.05, 4.69) is 17.6 Å². The van der Waals surface area contributed by atoms with E-state index in [1.54, 1.807) is 0 Å². The fraction of sp³-hybridized carbons (Fsp3) is 0.917. The number of alkyl carbamates (subject to hydrolysis) is 1. The maximum absolute atomic E-state index is 11.4. The fourth-order valence-electron chi connectivity index (χ4n) is 1.84. The molecule has 0 aromatic carbocycles. The van der Waals surface area contributed by atoms with Crippen molar-refractivity contribution in [1.29, 1.82) is 0 Å². The summed E-state index contributed by atoms with van der Waals surface area (Å²) in [4.78, 5) is 11.4. The van der Waals surface area contributed by atoms with E-state index in [-0.39, 0.29) is 11.6 Å². The van der Waals surface area contributed by atoms with Crippen molar-refractivity contribution in [2.24, 2.45) is 5.92 Å². The average molecular weight is 228 g/mol. The Hall–Kier alpha value is -0.770. The van der Waals surface area contributed by atoms with E-state index in [1.807, 2.05) is 20.8 Å². The van der Waals surface area contributed by atoms with Gasteiger partial charge in [-0.05, 0) is 46.1 Å². The van der Waals surface area contributed by atoms with Gasteiger partial charge in [0, 0.05) is 11.6 Å². The van der Waals surface area contributed by atoms with Crippen LogP contribution in [0.15, 0.2) is 0 Å². The predicted molar refractivity (Wildman–Crippen MR) is 64.4 cm³/mol. The number of amides is 1. The standard InChI is InChI=1S/C12H24N2O2/c1-9-6-5-7-13-10(9)8-16-11(15)14-12(2,3)4/h9-10,13H,5-8H2,1-4H3,(H,14,15). The Kier molecular flexibility index (Phi) is 4.59. The van der Waals surface area contributed by atoms with Crippen LogP contribution in [0.1, 0.15) is 40.5 Å². The van der Waals surface area contributed by atoms with Crippen molar-refractivity contribution < 1.29 is 9.53 Å². The molecule has 94 valence electrons. The lowest BCUT2D eigenvalue weighted by Crippen LogP contribution is -2.46. The van der Waals surface area contributed by atoms with Crippen LogP contribution in [0.25, 0.3) is 0 Å². The van der Waals surface area contributed by atoms with Gasteiger partial charge < -0.3 is 15.4 Å². The zero-order valence-corrected chi connectivity index (χ0v) is 10.8. The Morgan fingerprint density at radius 3 is 2.75 bits per heavy atom. The van der Waals surface area contributed by atoms with Gasteiger partial charge in [-0.1, -0.05) is 6.92 Å². The Morgan fingerprint density at radius 2 is 2.19 bits per heavy atom. The van der Waals surface area contributed by atoms with Crippen molar-refractivity contribution in [3.63, 3.8) is 0 Å². The molecule has 2 unspecified atom stereocenters. The number of hydrogen-bond acceptors (Lipinski definition) is 3. The minimum Gasteiger partial charge on any atom is -0.448 e. The van der Waals surface area contributed by atoms with Crippen molar-refractivity contribution >= 4 is 6.09 Å². The second-order valence-electron chi connectivity index (χ2n) is 5.65. The summed E-state index contributed by atoms with van der Waals surface area (Å²) in [5.41, 5.74) is -0.233. The summed E-state index contributed by atoms with van der Waals surface area (Å²) in [6.45, 7) is 9.51. The van der Waals surface area contributed by atoms with Crippen molar-refractivity contribution in [2.45, 2.75) is 52.1 Å². The Labute approximate surface area is 98.1 Å². The SMILES string of the molecule is CC1CCCNC1COC(=O)NC(C)(C)C. The minimum atomic E-state index is -0.327. The summed E-state index contributed by atoms with van der Waals surface area (Å²) in [6, 6.07) is 0.305. The molecular weight excluding hydrogens is 204 g/mol. The van der Waals surface area contributed by atoms with Crippen LogP contribution in [0, 0.1) is 5.92 Å². The number of nitrogens with one attached hydrogen (secondary N) is 2. The summed E-state index contributed by atoms with van der Waals surface area (Å²) >= 11 is 0. The second kappa shape index (κ2) is 5.53. The van der Waals surface area contributed by atoms with Gasteiger partial charge in [0.15, 0.2) is 0 Å². The van der Waals surface area contributed by atoms with Gasteiger partial charge in [0.2, 0.25) is 0 Å². The van der Waals surface area contributed by atoms with Gasteiger partial charge in [-0.15, -0.1) is 0 Å². The molecule has 1 aliphatic heterocycles. The van der Waals surface area contributed by atoms with Crippen molar-refractivity contribution in [3.05, 3.63) is 0 Å². The number of rotatable bonds is 2. The van der Waals surface area contributed by atoms with Crippen LogP contribution in [0.2, 0.25) is 0 Å². The van der Waals surface area contributed by atoms with Crippen molar-refractivity contribution in [3.8, 4) is 0 Å². The van der Waals surface area contributed by atoms with Crippen LogP contribution in [0.4, 0.5) is 4.79 Å². The van der Waals surface area contributed by atoms with Gasteiger partial charge in [0.05, 0.1) is 0 Å². The van der Waals surface area contributed by atoms with E-state index in [9.17, 15) is 4.79 Å². The van der Waals surface area contributed by atoms with Crippen molar-refractivity contribution in [1.82, 2.24) is 10.6 Å². The third-order valence-corrected chi connectivity index (χ3v) is 2.80. The first-order valence-electron chi connectivity index (χ1n) is 6.07. The van der Waals surface area contributed by atoms with Gasteiger partial charge in [0.25, 0.3) is 0 Å². The molecule has 0 aromatic heterocycles. The van der Waals surface area contributed by atoms with Crippen LogP contribution < -0.4 is 10.6 Å². The first-order valence-corrected chi connectivity index (χ1v) is 6.07. The quantitative estimate of drug-likeness (QED) is 0.759. The molecule has 0 aromatic rings. The van der Waals surface area contributed by atoms with Gasteiger partial charge in [-0.25, -0.2) is 4.79 Å². The van der Waals surface area contributed by atoms with Crippen LogP contribution in [-0.4, -0.2) is 30.8 Å². The first-order chi connectivity index (χ1) is 7.38. The highest BCUT2D eigenvalue weighted by atomic mass is 16.5. The summed E-state index contributed by atoms with van der Waals surface area (Å²) in [6.07, 6.45) is 2.10. The monoisotopic (exact) mass is 228 g/mol.